The Balaban J connectivity index is 1.99. The molecule has 0 saturated carbocycles. The molecule has 2 aromatic carbocycles. The van der Waals surface area contributed by atoms with Gasteiger partial charge >= 0.3 is 0 Å². The molecule has 0 atom stereocenters. The van der Waals surface area contributed by atoms with Crippen LogP contribution in [0.3, 0.4) is 0 Å². The van der Waals surface area contributed by atoms with E-state index in [1.54, 1.807) is 37.5 Å². The predicted molar refractivity (Wildman–Crippen MR) is 77.0 cm³/mol. The maximum Gasteiger partial charge on any atom is 0.248 e. The van der Waals surface area contributed by atoms with Crippen LogP contribution in [-0.4, -0.2) is 13.0 Å². The van der Waals surface area contributed by atoms with Crippen molar-refractivity contribution in [1.82, 2.24) is 0 Å². The summed E-state index contributed by atoms with van der Waals surface area (Å²) in [4.78, 5) is 11.7. The number of benzene rings is 2. The molecule has 0 unspecified atom stereocenters. The fourth-order valence-electron chi connectivity index (χ4n) is 1.64. The third-order valence-electron chi connectivity index (χ3n) is 2.73. The molecule has 0 saturated heterocycles. The van der Waals surface area contributed by atoms with Gasteiger partial charge < -0.3 is 10.1 Å². The third-order valence-corrected chi connectivity index (χ3v) is 2.73. The van der Waals surface area contributed by atoms with Crippen molar-refractivity contribution in [2.75, 3.05) is 12.4 Å². The van der Waals surface area contributed by atoms with Gasteiger partial charge in [0.1, 0.15) is 5.75 Å². The van der Waals surface area contributed by atoms with Crippen molar-refractivity contribution in [3.05, 3.63) is 65.7 Å². The first kappa shape index (κ1) is 14.7. The summed E-state index contributed by atoms with van der Waals surface area (Å²) in [5.74, 6) is -1.68. The lowest BCUT2D eigenvalue weighted by atomic mass is 10.2. The van der Waals surface area contributed by atoms with Gasteiger partial charge in [-0.15, -0.1) is 0 Å². The summed E-state index contributed by atoms with van der Waals surface area (Å²) in [6.45, 7) is 0. The Kier molecular flexibility index (Phi) is 4.66. The summed E-state index contributed by atoms with van der Waals surface area (Å²) in [5.41, 5.74) is 1.01. The first-order chi connectivity index (χ1) is 10.1. The Hall–Kier alpha value is -2.69. The molecule has 5 heteroatoms. The van der Waals surface area contributed by atoms with Gasteiger partial charge in [-0.1, -0.05) is 12.1 Å². The number of hydrogen-bond acceptors (Lipinski definition) is 2. The fraction of sp³-hybridized carbons (Fsp3) is 0.0625. The summed E-state index contributed by atoms with van der Waals surface area (Å²) < 4.78 is 30.8. The van der Waals surface area contributed by atoms with E-state index in [1.807, 2.05) is 0 Å². The van der Waals surface area contributed by atoms with Crippen molar-refractivity contribution in [3.63, 3.8) is 0 Å². The van der Waals surface area contributed by atoms with Crippen LogP contribution in [0.1, 0.15) is 5.56 Å². The molecule has 2 aromatic rings. The number of carbonyl (C=O) groups is 1. The Morgan fingerprint density at radius 3 is 2.43 bits per heavy atom. The number of hydrogen-bond donors (Lipinski definition) is 1. The zero-order valence-electron chi connectivity index (χ0n) is 11.3. The Labute approximate surface area is 120 Å². The van der Waals surface area contributed by atoms with Gasteiger partial charge in [0.15, 0.2) is 11.6 Å². The lowest BCUT2D eigenvalue weighted by Gasteiger charge is -2.02. The molecule has 0 aliphatic rings. The van der Waals surface area contributed by atoms with E-state index < -0.39 is 17.5 Å². The molecule has 2 rings (SSSR count). The lowest BCUT2D eigenvalue weighted by molar-refractivity contribution is -0.111. The highest BCUT2D eigenvalue weighted by atomic mass is 19.2. The average Bonchev–Trinajstić information content (AvgIpc) is 2.49. The minimum absolute atomic E-state index is 0.193. The van der Waals surface area contributed by atoms with Crippen LogP contribution < -0.4 is 10.1 Å². The normalized spacial score (nSPS) is 10.6. The fourth-order valence-corrected chi connectivity index (χ4v) is 1.64. The molecule has 3 nitrogen and oxygen atoms in total. The van der Waals surface area contributed by atoms with Gasteiger partial charge in [0.2, 0.25) is 5.91 Å². The van der Waals surface area contributed by atoms with Crippen LogP contribution in [0.15, 0.2) is 48.5 Å². The largest absolute Gasteiger partial charge is 0.497 e. The molecule has 0 radical (unpaired) electrons. The maximum absolute atomic E-state index is 13.0. The van der Waals surface area contributed by atoms with Crippen LogP contribution in [0.4, 0.5) is 14.5 Å². The van der Waals surface area contributed by atoms with Gasteiger partial charge in [-0.3, -0.25) is 4.79 Å². The number of anilines is 1. The zero-order chi connectivity index (χ0) is 15.2. The molecule has 0 spiro atoms. The second kappa shape index (κ2) is 6.65. The van der Waals surface area contributed by atoms with Crippen molar-refractivity contribution in [2.24, 2.45) is 0 Å². The summed E-state index contributed by atoms with van der Waals surface area (Å²) in [6, 6.07) is 10.3. The molecule has 0 aromatic heterocycles. The lowest BCUT2D eigenvalue weighted by Crippen LogP contribution is -2.08. The number of amides is 1. The smallest absolute Gasteiger partial charge is 0.248 e. The van der Waals surface area contributed by atoms with Gasteiger partial charge in [-0.2, -0.15) is 0 Å². The number of nitrogens with one attached hydrogen (secondary N) is 1. The van der Waals surface area contributed by atoms with Gasteiger partial charge in [-0.25, -0.2) is 8.78 Å². The SMILES string of the molecule is COc1ccc(/C=C/C(=O)Nc2ccc(F)c(F)c2)cc1. The summed E-state index contributed by atoms with van der Waals surface area (Å²) in [6.07, 6.45) is 2.91. The number of methoxy groups -OCH3 is 1. The highest BCUT2D eigenvalue weighted by molar-refractivity contribution is 6.01. The molecular formula is C16H13F2NO2. The van der Waals surface area contributed by atoms with E-state index >= 15 is 0 Å². The second-order valence-electron chi connectivity index (χ2n) is 4.22. The van der Waals surface area contributed by atoms with Crippen molar-refractivity contribution >= 4 is 17.7 Å². The maximum atomic E-state index is 13.0. The molecule has 0 heterocycles. The molecule has 21 heavy (non-hydrogen) atoms. The monoisotopic (exact) mass is 289 g/mol. The summed E-state index contributed by atoms with van der Waals surface area (Å²) in [5, 5.41) is 2.45. The van der Waals surface area contributed by atoms with Crippen molar-refractivity contribution in [1.29, 1.82) is 0 Å². The van der Waals surface area contributed by atoms with Crippen LogP contribution >= 0.6 is 0 Å². The van der Waals surface area contributed by atoms with E-state index in [9.17, 15) is 13.6 Å². The van der Waals surface area contributed by atoms with Crippen LogP contribution in [0.5, 0.6) is 5.75 Å². The number of ether oxygens (including phenoxy) is 1. The molecule has 108 valence electrons. The molecule has 0 aliphatic carbocycles. The zero-order valence-corrected chi connectivity index (χ0v) is 11.3. The quantitative estimate of drug-likeness (QED) is 0.873. The molecule has 0 bridgehead atoms. The Bertz CT molecular complexity index is 666. The minimum atomic E-state index is -1.01. The molecular weight excluding hydrogens is 276 g/mol. The standard InChI is InChI=1S/C16H13F2NO2/c1-21-13-6-2-11(3-7-13)4-9-16(20)19-12-5-8-14(17)15(18)10-12/h2-10H,1H3,(H,19,20)/b9-4+. The van der Waals surface area contributed by atoms with Gasteiger partial charge in [-0.05, 0) is 35.9 Å². The topological polar surface area (TPSA) is 38.3 Å². The highest BCUT2D eigenvalue weighted by Crippen LogP contribution is 2.14. The van der Waals surface area contributed by atoms with E-state index in [4.69, 9.17) is 4.74 Å². The van der Waals surface area contributed by atoms with E-state index in [0.717, 1.165) is 23.4 Å². The Morgan fingerprint density at radius 1 is 1.10 bits per heavy atom. The van der Waals surface area contributed by atoms with E-state index in [0.29, 0.717) is 0 Å². The molecule has 0 fully saturated rings. The number of halogens is 2. The van der Waals surface area contributed by atoms with E-state index in [-0.39, 0.29) is 5.69 Å². The highest BCUT2D eigenvalue weighted by Gasteiger charge is 2.04. The molecule has 1 amide bonds. The summed E-state index contributed by atoms with van der Waals surface area (Å²) in [7, 11) is 1.57. The molecule has 1 N–H and O–H groups in total. The van der Waals surface area contributed by atoms with Crippen molar-refractivity contribution < 1.29 is 18.3 Å². The Morgan fingerprint density at radius 2 is 1.81 bits per heavy atom. The number of rotatable bonds is 4. The van der Waals surface area contributed by atoms with Crippen molar-refractivity contribution in [2.45, 2.75) is 0 Å². The van der Waals surface area contributed by atoms with E-state index in [1.165, 1.54) is 12.1 Å². The predicted octanol–water partition coefficient (Wildman–Crippen LogP) is 3.63. The first-order valence-electron chi connectivity index (χ1n) is 6.16. The van der Waals surface area contributed by atoms with Crippen molar-refractivity contribution in [3.8, 4) is 5.75 Å². The average molecular weight is 289 g/mol. The van der Waals surface area contributed by atoms with Crippen LogP contribution in [0, 0.1) is 11.6 Å². The van der Waals surface area contributed by atoms with Gasteiger partial charge in [0.25, 0.3) is 0 Å². The third kappa shape index (κ3) is 4.14. The molecule has 0 aliphatic heterocycles. The van der Waals surface area contributed by atoms with Crippen LogP contribution in [0.2, 0.25) is 0 Å². The van der Waals surface area contributed by atoms with Crippen LogP contribution in [-0.2, 0) is 4.79 Å². The second-order valence-corrected chi connectivity index (χ2v) is 4.22. The van der Waals surface area contributed by atoms with Crippen LogP contribution in [0.25, 0.3) is 6.08 Å². The van der Waals surface area contributed by atoms with Gasteiger partial charge in [0.05, 0.1) is 7.11 Å². The number of carbonyl (C=O) groups excluding carboxylic acids is 1. The van der Waals surface area contributed by atoms with Gasteiger partial charge in [0, 0.05) is 17.8 Å². The summed E-state index contributed by atoms with van der Waals surface area (Å²) >= 11 is 0. The minimum Gasteiger partial charge on any atom is -0.497 e. The first-order valence-corrected chi connectivity index (χ1v) is 6.16. The van der Waals surface area contributed by atoms with E-state index in [2.05, 4.69) is 5.32 Å².